The van der Waals surface area contributed by atoms with Crippen LogP contribution in [0.3, 0.4) is 0 Å². The molecule has 0 amide bonds. The van der Waals surface area contributed by atoms with Crippen molar-refractivity contribution in [2.45, 2.75) is 58.3 Å². The minimum Gasteiger partial charge on any atom is -0.129 e. The van der Waals surface area contributed by atoms with Crippen LogP contribution in [0.4, 0.5) is 0 Å². The molecule has 0 aromatic heterocycles. The Kier molecular flexibility index (Phi) is 16.0. The van der Waals surface area contributed by atoms with Gasteiger partial charge in [0.1, 0.15) is 0 Å². The predicted molar refractivity (Wildman–Crippen MR) is 87.3 cm³/mol. The van der Waals surface area contributed by atoms with Crippen molar-refractivity contribution in [1.29, 1.82) is 0 Å². The molecule has 102 valence electrons. The van der Waals surface area contributed by atoms with Crippen molar-refractivity contribution in [3.8, 4) is 0 Å². The summed E-state index contributed by atoms with van der Waals surface area (Å²) in [6, 6.07) is 0. The highest BCUT2D eigenvalue weighted by Gasteiger charge is 1.83. The Hall–Kier alpha value is -0.520. The van der Waals surface area contributed by atoms with Gasteiger partial charge in [-0.15, -0.1) is 5.73 Å². The molecule has 0 saturated heterocycles. The van der Waals surface area contributed by atoms with E-state index < -0.39 is 0 Å². The van der Waals surface area contributed by atoms with Crippen LogP contribution in [0.1, 0.15) is 58.3 Å². The van der Waals surface area contributed by atoms with E-state index in [4.69, 9.17) is 0 Å². The summed E-state index contributed by atoms with van der Waals surface area (Å²) in [5.74, 6) is 0. The molecule has 0 rings (SSSR count). The molecule has 0 aromatic carbocycles. The molecule has 0 nitrogen and oxygen atoms in total. The molecule has 0 spiro atoms. The summed E-state index contributed by atoms with van der Waals surface area (Å²) >= 11 is 3.38. The lowest BCUT2D eigenvalue weighted by Gasteiger charge is -1.93. The fourth-order valence-electron chi connectivity index (χ4n) is 1.53. The Morgan fingerprint density at radius 2 is 1.61 bits per heavy atom. The average Bonchev–Trinajstić information content (AvgIpc) is 2.39. The molecule has 0 aromatic rings. The molecule has 0 N–H and O–H groups in total. The maximum absolute atomic E-state index is 3.38. The lowest BCUT2D eigenvalue weighted by molar-refractivity contribution is 0.674. The van der Waals surface area contributed by atoms with Crippen LogP contribution in [0.15, 0.2) is 42.2 Å². The number of hydrogen-bond donors (Lipinski definition) is 0. The molecule has 0 aliphatic carbocycles. The molecule has 0 radical (unpaired) electrons. The van der Waals surface area contributed by atoms with E-state index >= 15 is 0 Å². The number of hydrogen-bond acceptors (Lipinski definition) is 0. The van der Waals surface area contributed by atoms with Gasteiger partial charge in [0.2, 0.25) is 0 Å². The van der Waals surface area contributed by atoms with Gasteiger partial charge in [-0.2, -0.15) is 0 Å². The summed E-state index contributed by atoms with van der Waals surface area (Å²) in [5.41, 5.74) is 3.17. The maximum atomic E-state index is 3.38. The quantitative estimate of drug-likeness (QED) is 0.181. The summed E-state index contributed by atoms with van der Waals surface area (Å²) in [5, 5.41) is 1.02. The first kappa shape index (κ1) is 17.5. The highest BCUT2D eigenvalue weighted by Crippen LogP contribution is 2.03. The Balaban J connectivity index is 3.36. The molecule has 18 heavy (non-hydrogen) atoms. The van der Waals surface area contributed by atoms with Crippen LogP contribution in [0, 0.1) is 0 Å². The Morgan fingerprint density at radius 1 is 0.833 bits per heavy atom. The van der Waals surface area contributed by atoms with Crippen LogP contribution >= 0.6 is 15.9 Å². The van der Waals surface area contributed by atoms with Crippen molar-refractivity contribution in [2.75, 3.05) is 5.33 Å². The van der Waals surface area contributed by atoms with Gasteiger partial charge in [-0.05, 0) is 44.3 Å². The lowest BCUT2D eigenvalue weighted by Crippen LogP contribution is -1.73. The Labute approximate surface area is 122 Å². The molecule has 0 atom stereocenters. The predicted octanol–water partition coefficient (Wildman–Crippen LogP) is 6.35. The number of halogens is 1. The van der Waals surface area contributed by atoms with E-state index in [9.17, 15) is 0 Å². The zero-order chi connectivity index (χ0) is 13.3. The van der Waals surface area contributed by atoms with Gasteiger partial charge < -0.3 is 0 Å². The van der Waals surface area contributed by atoms with E-state index in [-0.39, 0.29) is 0 Å². The third-order valence-corrected chi connectivity index (χ3v) is 3.03. The highest BCUT2D eigenvalue weighted by atomic mass is 79.9. The van der Waals surface area contributed by atoms with Gasteiger partial charge in [-0.25, -0.2) is 0 Å². The molecule has 0 heterocycles. The van der Waals surface area contributed by atoms with Crippen molar-refractivity contribution < 1.29 is 0 Å². The third kappa shape index (κ3) is 15.5. The van der Waals surface area contributed by atoms with Crippen molar-refractivity contribution in [2.24, 2.45) is 0 Å². The third-order valence-electron chi connectivity index (χ3n) is 2.57. The van der Waals surface area contributed by atoms with Gasteiger partial charge in [0.15, 0.2) is 0 Å². The van der Waals surface area contributed by atoms with E-state index in [1.807, 2.05) is 0 Å². The minimum absolute atomic E-state index is 0.989. The van der Waals surface area contributed by atoms with Gasteiger partial charge in [0.25, 0.3) is 0 Å². The molecular formula is C17H27Br. The topological polar surface area (TPSA) is 0 Å². The van der Waals surface area contributed by atoms with Crippen LogP contribution in [0.2, 0.25) is 0 Å². The molecule has 0 bridgehead atoms. The van der Waals surface area contributed by atoms with Gasteiger partial charge in [0, 0.05) is 5.33 Å². The SMILES string of the molecule is CCCCCCC=CCC=CCC=C=CCCBr. The summed E-state index contributed by atoms with van der Waals surface area (Å²) in [7, 11) is 0. The number of rotatable bonds is 11. The molecule has 0 unspecified atom stereocenters. The summed E-state index contributed by atoms with van der Waals surface area (Å²) < 4.78 is 0. The number of allylic oxidation sites excluding steroid dienone is 5. The van der Waals surface area contributed by atoms with Crippen LogP contribution in [-0.2, 0) is 0 Å². The summed E-state index contributed by atoms with van der Waals surface area (Å²) in [4.78, 5) is 0. The van der Waals surface area contributed by atoms with Crippen LogP contribution in [-0.4, -0.2) is 5.33 Å². The fourth-order valence-corrected chi connectivity index (χ4v) is 1.76. The second kappa shape index (κ2) is 16.5. The Bertz CT molecular complexity index is 267. The van der Waals surface area contributed by atoms with E-state index in [1.165, 1.54) is 32.1 Å². The second-order valence-electron chi connectivity index (χ2n) is 4.32. The van der Waals surface area contributed by atoms with Crippen LogP contribution in [0.25, 0.3) is 0 Å². The summed E-state index contributed by atoms with van der Waals surface area (Å²) in [6.07, 6.45) is 22.9. The first-order chi connectivity index (χ1) is 8.91. The number of alkyl halides is 1. The zero-order valence-corrected chi connectivity index (χ0v) is 13.3. The largest absolute Gasteiger partial charge is 0.129 e. The lowest BCUT2D eigenvalue weighted by atomic mass is 10.1. The van der Waals surface area contributed by atoms with E-state index in [2.05, 4.69) is 65.0 Å². The van der Waals surface area contributed by atoms with E-state index in [0.29, 0.717) is 0 Å². The first-order valence-corrected chi connectivity index (χ1v) is 8.29. The monoisotopic (exact) mass is 310 g/mol. The summed E-state index contributed by atoms with van der Waals surface area (Å²) in [6.45, 7) is 2.25. The van der Waals surface area contributed by atoms with Crippen LogP contribution in [0.5, 0.6) is 0 Å². The highest BCUT2D eigenvalue weighted by molar-refractivity contribution is 9.09. The van der Waals surface area contributed by atoms with Gasteiger partial charge in [-0.3, -0.25) is 0 Å². The van der Waals surface area contributed by atoms with Crippen molar-refractivity contribution in [3.05, 3.63) is 42.2 Å². The molecular weight excluding hydrogens is 284 g/mol. The van der Waals surface area contributed by atoms with E-state index in [0.717, 1.165) is 24.6 Å². The molecule has 0 saturated carbocycles. The van der Waals surface area contributed by atoms with Gasteiger partial charge >= 0.3 is 0 Å². The maximum Gasteiger partial charge on any atom is 0.00719 e. The number of unbranched alkanes of at least 4 members (excludes halogenated alkanes) is 4. The van der Waals surface area contributed by atoms with E-state index in [1.54, 1.807) is 0 Å². The average molecular weight is 311 g/mol. The van der Waals surface area contributed by atoms with Crippen molar-refractivity contribution in [1.82, 2.24) is 0 Å². The smallest absolute Gasteiger partial charge is 0.00719 e. The zero-order valence-electron chi connectivity index (χ0n) is 11.7. The van der Waals surface area contributed by atoms with Gasteiger partial charge in [-0.1, -0.05) is 66.4 Å². The Morgan fingerprint density at radius 3 is 2.39 bits per heavy atom. The normalized spacial score (nSPS) is 11.0. The fraction of sp³-hybridized carbons (Fsp3) is 0.588. The van der Waals surface area contributed by atoms with Crippen molar-refractivity contribution in [3.63, 3.8) is 0 Å². The second-order valence-corrected chi connectivity index (χ2v) is 5.11. The molecule has 0 fully saturated rings. The van der Waals surface area contributed by atoms with Crippen molar-refractivity contribution >= 4 is 15.9 Å². The first-order valence-electron chi connectivity index (χ1n) is 7.17. The standard InChI is InChI=1S/C17H27Br/c1-2-3-4-5-6-7-8-9-10-11-12-13-14-15-16-17-18/h7-8,10-11,13,15H,2-6,9,12,16-17H2,1H3. The van der Waals surface area contributed by atoms with Gasteiger partial charge in [0.05, 0.1) is 0 Å². The molecule has 0 aliphatic rings. The molecule has 1 heteroatoms. The van der Waals surface area contributed by atoms with Crippen LogP contribution < -0.4 is 0 Å². The minimum atomic E-state index is 0.989. The molecule has 0 aliphatic heterocycles.